The van der Waals surface area contributed by atoms with E-state index >= 15 is 0 Å². The molecule has 3 aromatic carbocycles. The largest absolute Gasteiger partial charge is 0.440 e. The smallest absolute Gasteiger partial charge is 0.336 e. The number of carbonyl (C=O) groups excluding carboxylic acids is 1. The van der Waals surface area contributed by atoms with Gasteiger partial charge < -0.3 is 15.2 Å². The first-order valence-electron chi connectivity index (χ1n) is 9.57. The van der Waals surface area contributed by atoms with Gasteiger partial charge in [0.05, 0.1) is 5.92 Å². The third-order valence-corrected chi connectivity index (χ3v) is 5.16. The molecule has 1 aliphatic heterocycles. The number of allylic oxidation sites excluding steroid dienone is 1. The van der Waals surface area contributed by atoms with Crippen LogP contribution in [0, 0.1) is 17.1 Å². The predicted octanol–water partition coefficient (Wildman–Crippen LogP) is 5.32. The molecular weight excluding hydrogens is 431 g/mol. The maximum absolute atomic E-state index is 14.5. The predicted molar refractivity (Wildman–Crippen MR) is 118 cm³/mol. The normalized spacial score (nSPS) is 15.1. The van der Waals surface area contributed by atoms with Gasteiger partial charge in [0.25, 0.3) is 0 Å². The Morgan fingerprint density at radius 3 is 2.59 bits per heavy atom. The molecule has 1 aliphatic rings. The van der Waals surface area contributed by atoms with E-state index < -0.39 is 17.7 Å². The third kappa shape index (κ3) is 4.34. The number of fused-ring (bicyclic) bond motifs is 1. The first kappa shape index (κ1) is 21.2. The second kappa shape index (κ2) is 8.96. The topological polar surface area (TPSA) is 85.3 Å². The van der Waals surface area contributed by atoms with Crippen LogP contribution in [0.15, 0.2) is 84.3 Å². The van der Waals surface area contributed by atoms with Gasteiger partial charge >= 0.3 is 5.97 Å². The monoisotopic (exact) mass is 446 g/mol. The Bertz CT molecular complexity index is 1290. The van der Waals surface area contributed by atoms with Gasteiger partial charge in [-0.1, -0.05) is 48.0 Å². The summed E-state index contributed by atoms with van der Waals surface area (Å²) in [7, 11) is 0. The number of nitrogens with zero attached hydrogens (tertiary/aromatic N) is 1. The van der Waals surface area contributed by atoms with Crippen LogP contribution in [0.2, 0.25) is 5.02 Å². The Morgan fingerprint density at radius 1 is 1.12 bits per heavy atom. The Morgan fingerprint density at radius 2 is 1.88 bits per heavy atom. The summed E-state index contributed by atoms with van der Waals surface area (Å²) < 4.78 is 25.4. The maximum Gasteiger partial charge on any atom is 0.336 e. The average molecular weight is 447 g/mol. The molecule has 0 saturated carbocycles. The molecule has 0 bridgehead atoms. The summed E-state index contributed by atoms with van der Waals surface area (Å²) in [5.41, 5.74) is 7.67. The SMILES string of the molecule is N#CC1=C(N)Oc2cc(OC(=O)/C=C/c3ccc(Cl)cc3)ccc2C1c1ccccc1F. The molecule has 0 fully saturated rings. The number of hydrogen-bond donors (Lipinski definition) is 1. The van der Waals surface area contributed by atoms with Crippen molar-refractivity contribution in [1.29, 1.82) is 5.26 Å². The van der Waals surface area contributed by atoms with Gasteiger partial charge in [0.15, 0.2) is 0 Å². The zero-order valence-electron chi connectivity index (χ0n) is 16.6. The van der Waals surface area contributed by atoms with Crippen LogP contribution in [0.3, 0.4) is 0 Å². The minimum atomic E-state index is -0.737. The molecule has 1 atom stereocenters. The van der Waals surface area contributed by atoms with Crippen LogP contribution in [-0.2, 0) is 4.79 Å². The highest BCUT2D eigenvalue weighted by Crippen LogP contribution is 2.44. The highest BCUT2D eigenvalue weighted by Gasteiger charge is 2.32. The van der Waals surface area contributed by atoms with Crippen molar-refractivity contribution in [2.24, 2.45) is 5.73 Å². The second-order valence-electron chi connectivity index (χ2n) is 6.95. The minimum Gasteiger partial charge on any atom is -0.440 e. The molecule has 0 aromatic heterocycles. The fraction of sp³-hybridized carbons (Fsp3) is 0.0400. The molecule has 0 radical (unpaired) electrons. The van der Waals surface area contributed by atoms with Gasteiger partial charge in [-0.2, -0.15) is 5.26 Å². The third-order valence-electron chi connectivity index (χ3n) is 4.91. The lowest BCUT2D eigenvalue weighted by molar-refractivity contribution is -0.128. The molecule has 1 unspecified atom stereocenters. The van der Waals surface area contributed by atoms with E-state index in [0.717, 1.165) is 5.56 Å². The van der Waals surface area contributed by atoms with Crippen molar-refractivity contribution in [3.63, 3.8) is 0 Å². The van der Waals surface area contributed by atoms with E-state index in [4.69, 9.17) is 26.8 Å². The zero-order chi connectivity index (χ0) is 22.7. The fourth-order valence-corrected chi connectivity index (χ4v) is 3.54. The standard InChI is InChI=1S/C25H16ClFN2O3/c26-16-8-5-15(6-9-16)7-12-23(30)31-17-10-11-19-22(13-17)32-25(29)20(14-28)24(19)18-3-1-2-4-21(18)27/h1-13,24H,29H2/b12-7+. The highest BCUT2D eigenvalue weighted by molar-refractivity contribution is 6.30. The number of carbonyl (C=O) groups is 1. The zero-order valence-corrected chi connectivity index (χ0v) is 17.3. The van der Waals surface area contributed by atoms with Gasteiger partial charge in [-0.05, 0) is 35.9 Å². The lowest BCUT2D eigenvalue weighted by Gasteiger charge is -2.26. The van der Waals surface area contributed by atoms with Crippen LogP contribution in [0.5, 0.6) is 11.5 Å². The summed E-state index contributed by atoms with van der Waals surface area (Å²) >= 11 is 5.85. The molecule has 0 aliphatic carbocycles. The van der Waals surface area contributed by atoms with Crippen molar-refractivity contribution in [3.8, 4) is 17.6 Å². The van der Waals surface area contributed by atoms with Crippen molar-refractivity contribution in [3.05, 3.63) is 112 Å². The molecule has 0 saturated heterocycles. The number of benzene rings is 3. The molecule has 0 spiro atoms. The number of halogens is 2. The molecule has 2 N–H and O–H groups in total. The van der Waals surface area contributed by atoms with E-state index in [-0.39, 0.29) is 23.0 Å². The van der Waals surface area contributed by atoms with Crippen LogP contribution < -0.4 is 15.2 Å². The molecule has 32 heavy (non-hydrogen) atoms. The maximum atomic E-state index is 14.5. The highest BCUT2D eigenvalue weighted by atomic mass is 35.5. The van der Waals surface area contributed by atoms with E-state index in [1.54, 1.807) is 60.7 Å². The lowest BCUT2D eigenvalue weighted by atomic mass is 9.83. The van der Waals surface area contributed by atoms with Gasteiger partial charge in [0.2, 0.25) is 5.88 Å². The number of ether oxygens (including phenoxy) is 2. The number of esters is 1. The summed E-state index contributed by atoms with van der Waals surface area (Å²) in [5, 5.41) is 10.2. The van der Waals surface area contributed by atoms with Crippen LogP contribution >= 0.6 is 11.6 Å². The van der Waals surface area contributed by atoms with Crippen LogP contribution in [0.1, 0.15) is 22.6 Å². The molecule has 1 heterocycles. The van der Waals surface area contributed by atoms with E-state index in [2.05, 4.69) is 0 Å². The van der Waals surface area contributed by atoms with Gasteiger partial charge in [-0.15, -0.1) is 0 Å². The Labute approximate surface area is 188 Å². The Hall–Kier alpha value is -4.08. The summed E-state index contributed by atoms with van der Waals surface area (Å²) in [6.07, 6.45) is 2.88. The molecule has 0 amide bonds. The second-order valence-corrected chi connectivity index (χ2v) is 7.39. The molecule has 5 nitrogen and oxygen atoms in total. The van der Waals surface area contributed by atoms with Crippen LogP contribution in [0.25, 0.3) is 6.08 Å². The first-order valence-corrected chi connectivity index (χ1v) is 9.95. The van der Waals surface area contributed by atoms with Crippen molar-refractivity contribution in [2.45, 2.75) is 5.92 Å². The van der Waals surface area contributed by atoms with Crippen LogP contribution in [-0.4, -0.2) is 5.97 Å². The summed E-state index contributed by atoms with van der Waals surface area (Å²) in [6, 6.07) is 19.8. The first-order chi connectivity index (χ1) is 15.5. The number of rotatable bonds is 4. The van der Waals surface area contributed by atoms with Crippen LogP contribution in [0.4, 0.5) is 4.39 Å². The van der Waals surface area contributed by atoms with Gasteiger partial charge in [-0.25, -0.2) is 9.18 Å². The van der Waals surface area contributed by atoms with Gasteiger partial charge in [0.1, 0.15) is 29.0 Å². The van der Waals surface area contributed by atoms with Gasteiger partial charge in [-0.3, -0.25) is 0 Å². The van der Waals surface area contributed by atoms with E-state index in [0.29, 0.717) is 16.1 Å². The van der Waals surface area contributed by atoms with Crippen molar-refractivity contribution < 1.29 is 18.7 Å². The summed E-state index contributed by atoms with van der Waals surface area (Å²) in [5.74, 6) is -1.42. The molecule has 4 rings (SSSR count). The van der Waals surface area contributed by atoms with Crippen molar-refractivity contribution >= 4 is 23.6 Å². The quantitative estimate of drug-likeness (QED) is 0.333. The average Bonchev–Trinajstić information content (AvgIpc) is 2.78. The summed E-state index contributed by atoms with van der Waals surface area (Å²) in [4.78, 5) is 12.2. The number of hydrogen-bond acceptors (Lipinski definition) is 5. The molecule has 3 aromatic rings. The van der Waals surface area contributed by atoms with Crippen molar-refractivity contribution in [2.75, 3.05) is 0 Å². The van der Waals surface area contributed by atoms with E-state index in [1.165, 1.54) is 18.2 Å². The Kier molecular flexibility index (Phi) is 5.93. The molecular formula is C25H16ClFN2O3. The van der Waals surface area contributed by atoms with Gasteiger partial charge in [0, 0.05) is 28.3 Å². The minimum absolute atomic E-state index is 0.109. The summed E-state index contributed by atoms with van der Waals surface area (Å²) in [6.45, 7) is 0. The Balaban J connectivity index is 1.60. The fourth-order valence-electron chi connectivity index (χ4n) is 3.42. The molecule has 7 heteroatoms. The number of nitriles is 1. The van der Waals surface area contributed by atoms with E-state index in [9.17, 15) is 14.4 Å². The molecule has 158 valence electrons. The van der Waals surface area contributed by atoms with E-state index in [1.807, 2.05) is 6.07 Å². The lowest BCUT2D eigenvalue weighted by Crippen LogP contribution is -2.21. The number of nitrogens with two attached hydrogens (primary N) is 1. The van der Waals surface area contributed by atoms with Crippen molar-refractivity contribution in [1.82, 2.24) is 0 Å².